The minimum atomic E-state index is -0.0953. The van der Waals surface area contributed by atoms with Crippen LogP contribution < -0.4 is 16.0 Å². The molecule has 0 radical (unpaired) electrons. The van der Waals surface area contributed by atoms with E-state index in [2.05, 4.69) is 16.0 Å². The maximum Gasteiger partial charge on any atom is 0.251 e. The molecular weight excluding hydrogens is 386 g/mol. The average Bonchev–Trinajstić information content (AvgIpc) is 2.68. The standard InChI is InChI=1S/C23H33N3O2.ClH/c1-24-7-2-8-25-21(27)20-5-3-16(4-6-20)15-26-22(28)23-12-17-9-18(13-23)11-19(10-17)14-23;/h3-6,17-19,24H,2,7-15H2,1H3,(H,25,27)(H,26,28);1H. The van der Waals surface area contributed by atoms with Gasteiger partial charge in [-0.05, 0) is 94.0 Å². The van der Waals surface area contributed by atoms with Crippen LogP contribution >= 0.6 is 12.4 Å². The highest BCUT2D eigenvalue weighted by atomic mass is 35.5. The monoisotopic (exact) mass is 419 g/mol. The van der Waals surface area contributed by atoms with E-state index in [4.69, 9.17) is 0 Å². The van der Waals surface area contributed by atoms with E-state index in [1.807, 2.05) is 31.3 Å². The Morgan fingerprint density at radius 1 is 0.931 bits per heavy atom. The molecule has 4 bridgehead atoms. The smallest absolute Gasteiger partial charge is 0.251 e. The fraction of sp³-hybridized carbons (Fsp3) is 0.652. The van der Waals surface area contributed by atoms with Gasteiger partial charge in [0.25, 0.3) is 5.91 Å². The molecule has 0 aromatic heterocycles. The molecule has 4 saturated carbocycles. The second kappa shape index (κ2) is 9.48. The van der Waals surface area contributed by atoms with Gasteiger partial charge in [-0.1, -0.05) is 12.1 Å². The number of carbonyl (C=O) groups excluding carboxylic acids is 2. The van der Waals surface area contributed by atoms with Crippen molar-refractivity contribution >= 4 is 24.2 Å². The summed E-state index contributed by atoms with van der Waals surface area (Å²) < 4.78 is 0. The van der Waals surface area contributed by atoms with Crippen molar-refractivity contribution < 1.29 is 9.59 Å². The van der Waals surface area contributed by atoms with Crippen LogP contribution in [0.1, 0.15) is 60.9 Å². The van der Waals surface area contributed by atoms with Crippen molar-refractivity contribution in [3.63, 3.8) is 0 Å². The van der Waals surface area contributed by atoms with Gasteiger partial charge in [-0.3, -0.25) is 9.59 Å². The Morgan fingerprint density at radius 2 is 1.52 bits per heavy atom. The number of nitrogens with one attached hydrogen (secondary N) is 3. The lowest BCUT2D eigenvalue weighted by Crippen LogP contribution is -2.53. The van der Waals surface area contributed by atoms with Crippen molar-refractivity contribution in [3.05, 3.63) is 35.4 Å². The van der Waals surface area contributed by atoms with E-state index in [0.29, 0.717) is 18.7 Å². The van der Waals surface area contributed by atoms with Crippen LogP contribution in [0.3, 0.4) is 0 Å². The predicted molar refractivity (Wildman–Crippen MR) is 117 cm³/mol. The minimum absolute atomic E-state index is 0. The topological polar surface area (TPSA) is 70.2 Å². The summed E-state index contributed by atoms with van der Waals surface area (Å²) in [5.41, 5.74) is 1.62. The van der Waals surface area contributed by atoms with Crippen molar-refractivity contribution in [1.29, 1.82) is 0 Å². The summed E-state index contributed by atoms with van der Waals surface area (Å²) in [6.07, 6.45) is 8.25. The maximum absolute atomic E-state index is 13.0. The Hall–Kier alpha value is -1.59. The molecule has 6 heteroatoms. The molecule has 0 aliphatic heterocycles. The van der Waals surface area contributed by atoms with Crippen LogP contribution in [0.15, 0.2) is 24.3 Å². The van der Waals surface area contributed by atoms with E-state index in [0.717, 1.165) is 55.5 Å². The molecule has 2 amide bonds. The van der Waals surface area contributed by atoms with Crippen LogP contribution in [0, 0.1) is 23.2 Å². The van der Waals surface area contributed by atoms with Gasteiger partial charge >= 0.3 is 0 Å². The molecule has 0 atom stereocenters. The van der Waals surface area contributed by atoms with Crippen LogP contribution in [0.25, 0.3) is 0 Å². The summed E-state index contributed by atoms with van der Waals surface area (Å²) in [5.74, 6) is 2.56. The number of rotatable bonds is 8. The molecule has 1 aromatic rings. The highest BCUT2D eigenvalue weighted by Crippen LogP contribution is 2.60. The van der Waals surface area contributed by atoms with Gasteiger partial charge in [-0.2, -0.15) is 0 Å². The molecule has 5 rings (SSSR count). The van der Waals surface area contributed by atoms with Gasteiger partial charge in [0.15, 0.2) is 0 Å². The predicted octanol–water partition coefficient (Wildman–Crippen LogP) is 3.28. The summed E-state index contributed by atoms with van der Waals surface area (Å²) >= 11 is 0. The Balaban J connectivity index is 0.00000240. The minimum Gasteiger partial charge on any atom is -0.352 e. The lowest BCUT2D eigenvalue weighted by molar-refractivity contribution is -0.146. The second-order valence-corrected chi connectivity index (χ2v) is 9.29. The number of halogens is 1. The first-order chi connectivity index (χ1) is 13.6. The average molecular weight is 420 g/mol. The number of benzene rings is 1. The summed E-state index contributed by atoms with van der Waals surface area (Å²) in [7, 11) is 1.91. The lowest BCUT2D eigenvalue weighted by atomic mass is 9.49. The van der Waals surface area contributed by atoms with Crippen molar-refractivity contribution in [2.45, 2.75) is 51.5 Å². The maximum atomic E-state index is 13.0. The molecule has 0 heterocycles. The molecule has 5 nitrogen and oxygen atoms in total. The summed E-state index contributed by atoms with van der Waals surface area (Å²) in [5, 5.41) is 9.20. The molecule has 160 valence electrons. The van der Waals surface area contributed by atoms with Crippen molar-refractivity contribution in [2.24, 2.45) is 23.2 Å². The van der Waals surface area contributed by atoms with Crippen molar-refractivity contribution in [1.82, 2.24) is 16.0 Å². The van der Waals surface area contributed by atoms with Crippen LogP contribution in [0.4, 0.5) is 0 Å². The molecule has 4 aliphatic carbocycles. The quantitative estimate of drug-likeness (QED) is 0.566. The van der Waals surface area contributed by atoms with Gasteiger partial charge in [0.2, 0.25) is 5.91 Å². The third-order valence-corrected chi connectivity index (χ3v) is 7.08. The van der Waals surface area contributed by atoms with Crippen LogP contribution in [-0.4, -0.2) is 32.0 Å². The van der Waals surface area contributed by atoms with E-state index in [9.17, 15) is 9.59 Å². The van der Waals surface area contributed by atoms with E-state index >= 15 is 0 Å². The normalized spacial score (nSPS) is 29.2. The highest BCUT2D eigenvalue weighted by Gasteiger charge is 2.54. The van der Waals surface area contributed by atoms with Gasteiger partial charge in [0.05, 0.1) is 0 Å². The molecule has 0 saturated heterocycles. The third kappa shape index (κ3) is 4.95. The van der Waals surface area contributed by atoms with Gasteiger partial charge in [-0.25, -0.2) is 0 Å². The Labute approximate surface area is 180 Å². The SMILES string of the molecule is CNCCCNC(=O)c1ccc(CNC(=O)C23CC4CC(CC(C4)C2)C3)cc1.Cl. The molecule has 0 spiro atoms. The zero-order chi connectivity index (χ0) is 19.6. The third-order valence-electron chi connectivity index (χ3n) is 7.08. The van der Waals surface area contributed by atoms with E-state index in [-0.39, 0.29) is 29.6 Å². The molecule has 29 heavy (non-hydrogen) atoms. The molecule has 4 aliphatic rings. The molecular formula is C23H34ClN3O2. The summed E-state index contributed by atoms with van der Waals surface area (Å²) in [4.78, 5) is 25.2. The zero-order valence-corrected chi connectivity index (χ0v) is 18.2. The van der Waals surface area contributed by atoms with Crippen molar-refractivity contribution in [2.75, 3.05) is 20.1 Å². The van der Waals surface area contributed by atoms with E-state index in [1.54, 1.807) is 0 Å². The highest BCUT2D eigenvalue weighted by molar-refractivity contribution is 5.94. The fourth-order valence-corrected chi connectivity index (χ4v) is 6.10. The molecule has 3 N–H and O–H groups in total. The van der Waals surface area contributed by atoms with Crippen molar-refractivity contribution in [3.8, 4) is 0 Å². The van der Waals surface area contributed by atoms with E-state index in [1.165, 1.54) is 19.3 Å². The largest absolute Gasteiger partial charge is 0.352 e. The first-order valence-corrected chi connectivity index (χ1v) is 10.9. The second-order valence-electron chi connectivity index (χ2n) is 9.29. The lowest BCUT2D eigenvalue weighted by Gasteiger charge is -2.55. The molecule has 1 aromatic carbocycles. The van der Waals surface area contributed by atoms with Crippen LogP contribution in [-0.2, 0) is 11.3 Å². The van der Waals surface area contributed by atoms with E-state index < -0.39 is 0 Å². The van der Waals surface area contributed by atoms with Gasteiger partial charge in [-0.15, -0.1) is 12.4 Å². The molecule has 4 fully saturated rings. The fourth-order valence-electron chi connectivity index (χ4n) is 6.10. The number of hydrogen-bond donors (Lipinski definition) is 3. The van der Waals surface area contributed by atoms with Gasteiger partial charge in [0, 0.05) is 24.1 Å². The van der Waals surface area contributed by atoms with Crippen LogP contribution in [0.2, 0.25) is 0 Å². The van der Waals surface area contributed by atoms with Crippen LogP contribution in [0.5, 0.6) is 0 Å². The summed E-state index contributed by atoms with van der Waals surface area (Å²) in [6, 6.07) is 7.59. The molecule has 0 unspecified atom stereocenters. The first kappa shape index (κ1) is 22.1. The Morgan fingerprint density at radius 3 is 2.07 bits per heavy atom. The zero-order valence-electron chi connectivity index (χ0n) is 17.3. The van der Waals surface area contributed by atoms with Gasteiger partial charge < -0.3 is 16.0 Å². The first-order valence-electron chi connectivity index (χ1n) is 10.9. The number of amides is 2. The van der Waals surface area contributed by atoms with Gasteiger partial charge in [0.1, 0.15) is 0 Å². The Kier molecular flexibility index (Phi) is 7.23. The number of hydrogen-bond acceptors (Lipinski definition) is 3. The summed E-state index contributed by atoms with van der Waals surface area (Å²) in [6.45, 7) is 2.11. The number of carbonyl (C=O) groups is 2. The Bertz CT molecular complexity index is 684.